The maximum atomic E-state index is 12.9. The van der Waals surface area contributed by atoms with Gasteiger partial charge in [-0.15, -0.1) is 0 Å². The molecule has 5 rings (SSSR count). The largest absolute Gasteiger partial charge is 0.486 e. The first kappa shape index (κ1) is 21.5. The molecule has 1 saturated carbocycles. The number of para-hydroxylation sites is 1. The van der Waals surface area contributed by atoms with E-state index in [1.165, 1.54) is 12.1 Å². The molecular formula is C25H23NO6S. The minimum absolute atomic E-state index is 0.0545. The number of hydrogen-bond donors (Lipinski definition) is 2. The average molecular weight is 466 g/mol. The topological polar surface area (TPSA) is 102 Å². The zero-order chi connectivity index (χ0) is 23.0. The second-order valence-electron chi connectivity index (χ2n) is 8.22. The van der Waals surface area contributed by atoms with Gasteiger partial charge in [-0.25, -0.2) is 13.2 Å². The third kappa shape index (κ3) is 4.19. The van der Waals surface area contributed by atoms with Crippen LogP contribution in [0.4, 0.5) is 0 Å². The Kier molecular flexibility index (Phi) is 5.55. The predicted molar refractivity (Wildman–Crippen MR) is 122 cm³/mol. The molecule has 1 fully saturated rings. The first-order valence-electron chi connectivity index (χ1n) is 10.8. The second-order valence-corrected chi connectivity index (χ2v) is 9.93. The Morgan fingerprint density at radius 3 is 2.42 bits per heavy atom. The van der Waals surface area contributed by atoms with Crippen molar-refractivity contribution >= 4 is 16.0 Å². The maximum Gasteiger partial charge on any atom is 0.361 e. The molecule has 3 aromatic carbocycles. The van der Waals surface area contributed by atoms with Crippen molar-refractivity contribution in [2.24, 2.45) is 0 Å². The number of rotatable bonds is 7. The summed E-state index contributed by atoms with van der Waals surface area (Å²) in [7, 11) is -4.15. The van der Waals surface area contributed by atoms with E-state index in [2.05, 4.69) is 4.72 Å². The number of fused-ring (bicyclic) bond motifs is 3. The van der Waals surface area contributed by atoms with Gasteiger partial charge in [0, 0.05) is 11.5 Å². The van der Waals surface area contributed by atoms with Crippen LogP contribution in [-0.2, 0) is 14.8 Å². The summed E-state index contributed by atoms with van der Waals surface area (Å²) in [6.45, 7) is 0. The second kappa shape index (κ2) is 8.53. The molecule has 0 bridgehead atoms. The van der Waals surface area contributed by atoms with Crippen molar-refractivity contribution in [2.75, 3.05) is 0 Å². The van der Waals surface area contributed by atoms with E-state index in [-0.39, 0.29) is 22.7 Å². The minimum Gasteiger partial charge on any atom is -0.486 e. The summed E-state index contributed by atoms with van der Waals surface area (Å²) in [5.74, 6) is -0.455. The smallest absolute Gasteiger partial charge is 0.361 e. The van der Waals surface area contributed by atoms with Gasteiger partial charge in [-0.3, -0.25) is 0 Å². The van der Waals surface area contributed by atoms with Crippen LogP contribution in [0.1, 0.15) is 30.7 Å². The first-order chi connectivity index (χ1) is 15.9. The number of nitrogens with one attached hydrogen (secondary N) is 1. The molecule has 3 atom stereocenters. The molecule has 170 valence electrons. The number of benzene rings is 3. The highest BCUT2D eigenvalue weighted by molar-refractivity contribution is 7.89. The Labute approximate surface area is 192 Å². The molecule has 7 nitrogen and oxygen atoms in total. The zero-order valence-corrected chi connectivity index (χ0v) is 18.5. The van der Waals surface area contributed by atoms with Crippen LogP contribution >= 0.6 is 0 Å². The summed E-state index contributed by atoms with van der Waals surface area (Å²) < 4.78 is 39.6. The highest BCUT2D eigenvalue weighted by Gasteiger charge is 2.40. The van der Waals surface area contributed by atoms with Crippen molar-refractivity contribution in [3.8, 4) is 22.6 Å². The molecule has 0 radical (unpaired) electrons. The van der Waals surface area contributed by atoms with Crippen molar-refractivity contribution < 1.29 is 27.8 Å². The Balaban J connectivity index is 1.36. The van der Waals surface area contributed by atoms with Gasteiger partial charge in [0.2, 0.25) is 10.0 Å². The van der Waals surface area contributed by atoms with Gasteiger partial charge in [-0.2, -0.15) is 4.72 Å². The molecule has 0 aromatic heterocycles. The number of hydrogen-bond acceptors (Lipinski definition) is 5. The van der Waals surface area contributed by atoms with Gasteiger partial charge in [-0.05, 0) is 48.6 Å². The van der Waals surface area contributed by atoms with E-state index in [0.717, 1.165) is 36.0 Å². The maximum absolute atomic E-state index is 12.9. The summed E-state index contributed by atoms with van der Waals surface area (Å²) in [6.07, 6.45) is 1.29. The number of carbonyl (C=O) groups is 1. The van der Waals surface area contributed by atoms with Gasteiger partial charge in [0.1, 0.15) is 6.10 Å². The molecule has 1 aliphatic heterocycles. The lowest BCUT2D eigenvalue weighted by Gasteiger charge is -2.19. The highest BCUT2D eigenvalue weighted by atomic mass is 32.2. The van der Waals surface area contributed by atoms with Crippen molar-refractivity contribution in [2.45, 2.75) is 42.4 Å². The summed E-state index contributed by atoms with van der Waals surface area (Å²) in [5, 5.41) is 9.65. The normalized spacial score (nSPS) is 19.9. The monoisotopic (exact) mass is 465 g/mol. The number of carboxylic acid groups (broad SMARTS) is 1. The molecule has 3 aromatic rings. The fourth-order valence-corrected chi connectivity index (χ4v) is 5.60. The quantitative estimate of drug-likeness (QED) is 0.508. The molecule has 0 amide bonds. The number of aliphatic carboxylic acids is 1. The summed E-state index contributed by atoms with van der Waals surface area (Å²) in [4.78, 5) is 11.8. The van der Waals surface area contributed by atoms with E-state index in [1.54, 1.807) is 24.3 Å². The van der Waals surface area contributed by atoms with E-state index in [4.69, 9.17) is 9.47 Å². The number of sulfonamides is 1. The lowest BCUT2D eigenvalue weighted by molar-refractivity contribution is -0.145. The van der Waals surface area contributed by atoms with Gasteiger partial charge in [-0.1, -0.05) is 54.6 Å². The van der Waals surface area contributed by atoms with Crippen molar-refractivity contribution in [1.82, 2.24) is 4.72 Å². The van der Waals surface area contributed by atoms with Gasteiger partial charge < -0.3 is 14.6 Å². The van der Waals surface area contributed by atoms with Gasteiger partial charge in [0.25, 0.3) is 6.23 Å². The molecule has 0 saturated heterocycles. The van der Waals surface area contributed by atoms with Gasteiger partial charge in [0.05, 0.1) is 4.90 Å². The summed E-state index contributed by atoms with van der Waals surface area (Å²) >= 11 is 0. The lowest BCUT2D eigenvalue weighted by atomic mass is 9.97. The molecule has 3 unspecified atom stereocenters. The third-order valence-corrected chi connectivity index (χ3v) is 7.55. The van der Waals surface area contributed by atoms with Crippen LogP contribution in [0.2, 0.25) is 0 Å². The third-order valence-electron chi connectivity index (χ3n) is 6.13. The standard InChI is InChI=1S/C25H23NO6S/c27-25(28)24(32-22-11-5-9-20-19-8-4-10-21(19)31-23(20)22)26-33(29,30)18-14-12-17(13-15-18)16-6-2-1-3-7-16/h1-3,5-7,9,11-15,19,21,24,26H,4,8,10H2,(H,27,28). The van der Waals surface area contributed by atoms with E-state index in [1.807, 2.05) is 36.4 Å². The highest BCUT2D eigenvalue weighted by Crippen LogP contribution is 2.50. The van der Waals surface area contributed by atoms with Crippen LogP contribution < -0.4 is 14.2 Å². The Bertz CT molecular complexity index is 1270. The summed E-state index contributed by atoms with van der Waals surface area (Å²) in [6, 6.07) is 21.1. The van der Waals surface area contributed by atoms with E-state index >= 15 is 0 Å². The van der Waals surface area contributed by atoms with Gasteiger partial charge >= 0.3 is 5.97 Å². The molecule has 1 heterocycles. The molecule has 0 spiro atoms. The Morgan fingerprint density at radius 2 is 1.70 bits per heavy atom. The minimum atomic E-state index is -4.15. The molecule has 1 aliphatic carbocycles. The number of ether oxygens (including phenoxy) is 2. The van der Waals surface area contributed by atoms with E-state index in [9.17, 15) is 18.3 Å². The SMILES string of the molecule is O=C(O)C(NS(=O)(=O)c1ccc(-c2ccccc2)cc1)Oc1cccc2c1OC1CCCC21. The van der Waals surface area contributed by atoms with Crippen LogP contribution in [0.15, 0.2) is 77.7 Å². The van der Waals surface area contributed by atoms with E-state index in [0.29, 0.717) is 5.75 Å². The number of carboxylic acids is 1. The van der Waals surface area contributed by atoms with Crippen molar-refractivity contribution in [3.05, 3.63) is 78.4 Å². The Morgan fingerprint density at radius 1 is 0.970 bits per heavy atom. The van der Waals surface area contributed by atoms with Crippen LogP contribution in [0.25, 0.3) is 11.1 Å². The predicted octanol–water partition coefficient (Wildman–Crippen LogP) is 4.15. The van der Waals surface area contributed by atoms with Gasteiger partial charge in [0.15, 0.2) is 11.5 Å². The molecule has 2 aliphatic rings. The summed E-state index contributed by atoms with van der Waals surface area (Å²) in [5.41, 5.74) is 2.78. The zero-order valence-electron chi connectivity index (χ0n) is 17.7. The van der Waals surface area contributed by atoms with Crippen LogP contribution in [0.3, 0.4) is 0 Å². The molecule has 8 heteroatoms. The van der Waals surface area contributed by atoms with Crippen molar-refractivity contribution in [1.29, 1.82) is 0 Å². The Hall–Kier alpha value is -3.36. The molecule has 33 heavy (non-hydrogen) atoms. The van der Waals surface area contributed by atoms with Crippen LogP contribution in [0, 0.1) is 0 Å². The molecular weight excluding hydrogens is 442 g/mol. The average Bonchev–Trinajstić information content (AvgIpc) is 3.41. The first-order valence-corrected chi connectivity index (χ1v) is 12.3. The van der Waals surface area contributed by atoms with Crippen LogP contribution in [-0.4, -0.2) is 31.8 Å². The lowest BCUT2D eigenvalue weighted by Crippen LogP contribution is -2.44. The van der Waals surface area contributed by atoms with Crippen LogP contribution in [0.5, 0.6) is 11.5 Å². The van der Waals surface area contributed by atoms with Crippen molar-refractivity contribution in [3.63, 3.8) is 0 Å². The fourth-order valence-electron chi connectivity index (χ4n) is 4.54. The fraction of sp³-hybridized carbons (Fsp3) is 0.240. The van der Waals surface area contributed by atoms with E-state index < -0.39 is 22.2 Å². The molecule has 2 N–H and O–H groups in total.